The number of hydrogen-bond donors (Lipinski definition) is 1. The molecule has 2 aromatic rings. The molecule has 1 saturated heterocycles. The van der Waals surface area contributed by atoms with Crippen LogP contribution in [0.1, 0.15) is 37.2 Å². The number of aromatic carboxylic acids is 1. The van der Waals surface area contributed by atoms with Gasteiger partial charge in [-0.15, -0.1) is 11.3 Å². The SMILES string of the molecule is O=C(O)c1ccc(C(=O)N2CCC(c3ccc(F)cc3)C2)s1. The molecule has 114 valence electrons. The average molecular weight is 319 g/mol. The van der Waals surface area contributed by atoms with E-state index in [1.165, 1.54) is 18.2 Å². The number of carboxylic acids is 1. The molecule has 1 N–H and O–H groups in total. The standard InChI is InChI=1S/C16H14FNO3S/c17-12-3-1-10(2-4-12)11-7-8-18(9-11)15(19)13-5-6-14(22-13)16(20)21/h1-6,11H,7-9H2,(H,20,21). The van der Waals surface area contributed by atoms with Gasteiger partial charge in [-0.2, -0.15) is 0 Å². The number of nitrogens with zero attached hydrogens (tertiary/aromatic N) is 1. The Bertz CT molecular complexity index is 710. The highest BCUT2D eigenvalue weighted by atomic mass is 32.1. The van der Waals surface area contributed by atoms with Crippen LogP contribution in [0.15, 0.2) is 36.4 Å². The van der Waals surface area contributed by atoms with E-state index in [-0.39, 0.29) is 22.5 Å². The molecule has 1 aliphatic rings. The third-order valence-corrected chi connectivity index (χ3v) is 4.91. The monoisotopic (exact) mass is 319 g/mol. The number of likely N-dealkylation sites (tertiary alicyclic amines) is 1. The van der Waals surface area contributed by atoms with Gasteiger partial charge in [0.1, 0.15) is 10.7 Å². The predicted molar refractivity (Wildman–Crippen MR) is 80.9 cm³/mol. The van der Waals surface area contributed by atoms with Crippen LogP contribution in [0.4, 0.5) is 4.39 Å². The van der Waals surface area contributed by atoms with Gasteiger partial charge in [0.05, 0.1) is 4.88 Å². The number of carbonyl (C=O) groups is 2. The molecule has 0 aliphatic carbocycles. The van der Waals surface area contributed by atoms with Crippen LogP contribution in [0.5, 0.6) is 0 Å². The molecule has 1 atom stereocenters. The lowest BCUT2D eigenvalue weighted by Gasteiger charge is -2.15. The number of carbonyl (C=O) groups excluding carboxylic acids is 1. The van der Waals surface area contributed by atoms with Crippen LogP contribution >= 0.6 is 11.3 Å². The van der Waals surface area contributed by atoms with Gasteiger partial charge in [0.2, 0.25) is 0 Å². The van der Waals surface area contributed by atoms with E-state index < -0.39 is 5.97 Å². The molecule has 0 saturated carbocycles. The van der Waals surface area contributed by atoms with E-state index in [2.05, 4.69) is 0 Å². The maximum absolute atomic E-state index is 13.0. The van der Waals surface area contributed by atoms with Crippen molar-refractivity contribution in [3.63, 3.8) is 0 Å². The summed E-state index contributed by atoms with van der Waals surface area (Å²) in [6.45, 7) is 1.20. The minimum absolute atomic E-state index is 0.137. The van der Waals surface area contributed by atoms with Crippen molar-refractivity contribution in [2.24, 2.45) is 0 Å². The lowest BCUT2D eigenvalue weighted by atomic mass is 9.99. The minimum atomic E-state index is -1.02. The summed E-state index contributed by atoms with van der Waals surface area (Å²) in [7, 11) is 0. The number of benzene rings is 1. The first-order valence-corrected chi connectivity index (χ1v) is 7.74. The third-order valence-electron chi connectivity index (χ3n) is 3.84. The molecule has 1 aromatic heterocycles. The number of amides is 1. The van der Waals surface area contributed by atoms with Gasteiger partial charge in [-0.3, -0.25) is 4.79 Å². The molecule has 4 nitrogen and oxygen atoms in total. The molecule has 6 heteroatoms. The van der Waals surface area contributed by atoms with E-state index in [9.17, 15) is 14.0 Å². The first-order valence-electron chi connectivity index (χ1n) is 6.92. The third kappa shape index (κ3) is 2.87. The van der Waals surface area contributed by atoms with E-state index in [0.717, 1.165) is 23.3 Å². The topological polar surface area (TPSA) is 57.6 Å². The molecule has 0 spiro atoms. The number of hydrogen-bond acceptors (Lipinski definition) is 3. The van der Waals surface area contributed by atoms with Crippen LogP contribution in [0.2, 0.25) is 0 Å². The van der Waals surface area contributed by atoms with Crippen molar-refractivity contribution in [2.75, 3.05) is 13.1 Å². The summed E-state index contributed by atoms with van der Waals surface area (Å²) >= 11 is 0.995. The molecule has 1 fully saturated rings. The fraction of sp³-hybridized carbons (Fsp3) is 0.250. The van der Waals surface area contributed by atoms with Crippen LogP contribution in [0, 0.1) is 5.82 Å². The second-order valence-corrected chi connectivity index (χ2v) is 6.34. The molecule has 1 unspecified atom stereocenters. The van der Waals surface area contributed by atoms with Crippen molar-refractivity contribution in [3.05, 3.63) is 57.5 Å². The normalized spacial score (nSPS) is 17.7. The maximum atomic E-state index is 13.0. The smallest absolute Gasteiger partial charge is 0.345 e. The fourth-order valence-electron chi connectivity index (χ4n) is 2.68. The Kier molecular flexibility index (Phi) is 3.94. The zero-order chi connectivity index (χ0) is 15.7. The van der Waals surface area contributed by atoms with Crippen LogP contribution < -0.4 is 0 Å². The highest BCUT2D eigenvalue weighted by Gasteiger charge is 2.29. The molecule has 0 radical (unpaired) electrons. The van der Waals surface area contributed by atoms with Gasteiger partial charge in [0.25, 0.3) is 5.91 Å². The lowest BCUT2D eigenvalue weighted by Crippen LogP contribution is -2.27. The Labute approximate surface area is 130 Å². The molecule has 1 aliphatic heterocycles. The van der Waals surface area contributed by atoms with Crippen molar-refractivity contribution >= 4 is 23.2 Å². The fourth-order valence-corrected chi connectivity index (χ4v) is 3.49. The van der Waals surface area contributed by atoms with Crippen molar-refractivity contribution in [1.82, 2.24) is 4.90 Å². The lowest BCUT2D eigenvalue weighted by molar-refractivity contribution is 0.0701. The molecular weight excluding hydrogens is 305 g/mol. The molecular formula is C16H14FNO3S. The quantitative estimate of drug-likeness (QED) is 0.945. The van der Waals surface area contributed by atoms with Crippen LogP contribution in [0.3, 0.4) is 0 Å². The van der Waals surface area contributed by atoms with Gasteiger partial charge < -0.3 is 10.0 Å². The highest BCUT2D eigenvalue weighted by Crippen LogP contribution is 2.29. The average Bonchev–Trinajstić information content (AvgIpc) is 3.17. The van der Waals surface area contributed by atoms with Crippen LogP contribution in [-0.4, -0.2) is 35.0 Å². The maximum Gasteiger partial charge on any atom is 0.345 e. The zero-order valence-electron chi connectivity index (χ0n) is 11.7. The summed E-state index contributed by atoms with van der Waals surface area (Å²) in [5.74, 6) is -1.23. The van der Waals surface area contributed by atoms with E-state index in [1.807, 2.05) is 0 Å². The number of thiophene rings is 1. The van der Waals surface area contributed by atoms with Crippen molar-refractivity contribution in [2.45, 2.75) is 12.3 Å². The second kappa shape index (κ2) is 5.88. The van der Waals surface area contributed by atoms with Gasteiger partial charge in [-0.25, -0.2) is 9.18 Å². The Hall–Kier alpha value is -2.21. The molecule has 3 rings (SSSR count). The van der Waals surface area contributed by atoms with Gasteiger partial charge in [-0.05, 0) is 36.2 Å². The molecule has 22 heavy (non-hydrogen) atoms. The van der Waals surface area contributed by atoms with Gasteiger partial charge in [0.15, 0.2) is 0 Å². The number of halogens is 1. The Morgan fingerprint density at radius 2 is 1.82 bits per heavy atom. The van der Waals surface area contributed by atoms with Crippen LogP contribution in [-0.2, 0) is 0 Å². The summed E-state index contributed by atoms with van der Waals surface area (Å²) in [5, 5.41) is 8.91. The Morgan fingerprint density at radius 3 is 2.45 bits per heavy atom. The minimum Gasteiger partial charge on any atom is -0.477 e. The van der Waals surface area contributed by atoms with E-state index in [0.29, 0.717) is 18.0 Å². The van der Waals surface area contributed by atoms with Gasteiger partial charge in [-0.1, -0.05) is 12.1 Å². The summed E-state index contributed by atoms with van der Waals surface area (Å²) in [6.07, 6.45) is 0.828. The largest absolute Gasteiger partial charge is 0.477 e. The first-order chi connectivity index (χ1) is 10.5. The second-order valence-electron chi connectivity index (χ2n) is 5.26. The van der Waals surface area contributed by atoms with E-state index in [4.69, 9.17) is 5.11 Å². The number of carboxylic acid groups (broad SMARTS) is 1. The Balaban J connectivity index is 1.70. The zero-order valence-corrected chi connectivity index (χ0v) is 12.5. The van der Waals surface area contributed by atoms with Crippen molar-refractivity contribution in [3.8, 4) is 0 Å². The number of rotatable bonds is 3. The summed E-state index contributed by atoms with van der Waals surface area (Å²) in [4.78, 5) is 25.6. The van der Waals surface area contributed by atoms with Crippen molar-refractivity contribution in [1.29, 1.82) is 0 Å². The summed E-state index contributed by atoms with van der Waals surface area (Å²) in [6, 6.07) is 9.37. The molecule has 1 amide bonds. The van der Waals surface area contributed by atoms with E-state index in [1.54, 1.807) is 23.1 Å². The van der Waals surface area contributed by atoms with Crippen molar-refractivity contribution < 1.29 is 19.1 Å². The summed E-state index contributed by atoms with van der Waals surface area (Å²) in [5.41, 5.74) is 1.02. The highest BCUT2D eigenvalue weighted by molar-refractivity contribution is 7.15. The molecule has 2 heterocycles. The van der Waals surface area contributed by atoms with Gasteiger partial charge in [0, 0.05) is 19.0 Å². The Morgan fingerprint density at radius 1 is 1.14 bits per heavy atom. The molecule has 0 bridgehead atoms. The van der Waals surface area contributed by atoms with Gasteiger partial charge >= 0.3 is 5.97 Å². The summed E-state index contributed by atoms with van der Waals surface area (Å²) < 4.78 is 13.0. The predicted octanol–water partition coefficient (Wildman–Crippen LogP) is 3.22. The van der Waals surface area contributed by atoms with Crippen LogP contribution in [0.25, 0.3) is 0 Å². The molecule has 1 aromatic carbocycles. The first kappa shape index (κ1) is 14.7. The van der Waals surface area contributed by atoms with E-state index >= 15 is 0 Å².